The van der Waals surface area contributed by atoms with Crippen molar-refractivity contribution in [1.82, 2.24) is 14.5 Å². The predicted molar refractivity (Wildman–Crippen MR) is 133 cm³/mol. The Morgan fingerprint density at radius 2 is 1.64 bits per heavy atom. The van der Waals surface area contributed by atoms with Crippen LogP contribution in [0.1, 0.15) is 30.6 Å². The van der Waals surface area contributed by atoms with Crippen molar-refractivity contribution in [2.24, 2.45) is 0 Å². The molecule has 0 aliphatic carbocycles. The number of anilines is 1. The molecular weight excluding hydrogens is 456 g/mol. The van der Waals surface area contributed by atoms with Crippen molar-refractivity contribution in [2.45, 2.75) is 36.3 Å². The van der Waals surface area contributed by atoms with Crippen LogP contribution in [-0.4, -0.2) is 75.9 Å². The quantitative estimate of drug-likeness (QED) is 0.548. The first-order valence-corrected chi connectivity index (χ1v) is 14.2. The number of hydrogen-bond donors (Lipinski definition) is 1. The van der Waals surface area contributed by atoms with Gasteiger partial charge in [0.05, 0.1) is 6.42 Å². The van der Waals surface area contributed by atoms with E-state index in [2.05, 4.69) is 39.4 Å². The summed E-state index contributed by atoms with van der Waals surface area (Å²) in [6.07, 6.45) is 4.07. The van der Waals surface area contributed by atoms with E-state index in [1.807, 2.05) is 6.07 Å². The molecule has 2 aliphatic heterocycles. The topological polar surface area (TPSA) is 73.0 Å². The highest BCUT2D eigenvalue weighted by Crippen LogP contribution is 2.27. The first kappa shape index (κ1) is 24.2. The number of sulfonamides is 1. The maximum Gasteiger partial charge on any atom is 0.252 e. The third-order valence-electron chi connectivity index (χ3n) is 6.35. The third-order valence-corrected chi connectivity index (χ3v) is 9.80. The third kappa shape index (κ3) is 6.56. The molecule has 1 aromatic carbocycles. The van der Waals surface area contributed by atoms with E-state index in [0.29, 0.717) is 23.8 Å². The van der Waals surface area contributed by atoms with E-state index in [1.165, 1.54) is 17.0 Å². The lowest BCUT2D eigenvalue weighted by Crippen LogP contribution is -2.47. The minimum Gasteiger partial charge on any atom is -0.369 e. The van der Waals surface area contributed by atoms with Crippen LogP contribution in [-0.2, 0) is 21.2 Å². The Labute approximate surface area is 201 Å². The van der Waals surface area contributed by atoms with Gasteiger partial charge in [-0.3, -0.25) is 9.69 Å². The van der Waals surface area contributed by atoms with Crippen LogP contribution in [0.25, 0.3) is 0 Å². The lowest BCUT2D eigenvalue weighted by Gasteiger charge is -2.36. The largest absolute Gasteiger partial charge is 0.369 e. The number of nitrogens with zero attached hydrogens (tertiary/aromatic N) is 3. The smallest absolute Gasteiger partial charge is 0.252 e. The summed E-state index contributed by atoms with van der Waals surface area (Å²) in [6.45, 7) is 6.92. The molecule has 0 bridgehead atoms. The Bertz CT molecular complexity index is 996. The summed E-state index contributed by atoms with van der Waals surface area (Å²) in [6, 6.07) is 13.9. The highest BCUT2D eigenvalue weighted by Gasteiger charge is 2.27. The summed E-state index contributed by atoms with van der Waals surface area (Å²) in [5, 5.41) is 2.99. The Balaban J connectivity index is 1.14. The fraction of sp³-hybridized carbons (Fsp3) is 0.542. The van der Waals surface area contributed by atoms with Crippen LogP contribution in [0, 0.1) is 0 Å². The number of benzene rings is 1. The van der Waals surface area contributed by atoms with Crippen molar-refractivity contribution >= 4 is 33.0 Å². The molecule has 0 spiro atoms. The van der Waals surface area contributed by atoms with Gasteiger partial charge < -0.3 is 10.2 Å². The van der Waals surface area contributed by atoms with Crippen LogP contribution >= 0.6 is 11.3 Å². The van der Waals surface area contributed by atoms with Crippen molar-refractivity contribution in [3.05, 3.63) is 47.3 Å². The number of amides is 1. The second kappa shape index (κ2) is 11.5. The highest BCUT2D eigenvalue weighted by molar-refractivity contribution is 7.91. The number of thiophene rings is 1. The maximum absolute atomic E-state index is 12.8. The predicted octanol–water partition coefficient (Wildman–Crippen LogP) is 2.79. The Kier molecular flexibility index (Phi) is 8.40. The molecule has 1 amide bonds. The van der Waals surface area contributed by atoms with E-state index in [0.717, 1.165) is 63.3 Å². The standard InChI is InChI=1S/C24H34N4O3S2/c29-23(20-22-10-11-24(32-22)33(30,31)28-14-5-2-6-15-28)25-12-7-13-26-16-18-27(19-17-26)21-8-3-1-4-9-21/h1,3-4,8-11H,2,5-7,12-20H2,(H,25,29). The number of carbonyl (C=O) groups excluding carboxylic acids is 1. The number of carbonyl (C=O) groups is 1. The van der Waals surface area contributed by atoms with Gasteiger partial charge in [0.25, 0.3) is 10.0 Å². The molecule has 7 nitrogen and oxygen atoms in total. The van der Waals surface area contributed by atoms with Crippen LogP contribution in [0.4, 0.5) is 5.69 Å². The first-order valence-electron chi connectivity index (χ1n) is 11.9. The lowest BCUT2D eigenvalue weighted by molar-refractivity contribution is -0.120. The highest BCUT2D eigenvalue weighted by atomic mass is 32.2. The molecule has 180 valence electrons. The number of piperidine rings is 1. The zero-order chi connectivity index (χ0) is 23.1. The van der Waals surface area contributed by atoms with Crippen molar-refractivity contribution in [3.63, 3.8) is 0 Å². The van der Waals surface area contributed by atoms with Gasteiger partial charge in [0.1, 0.15) is 4.21 Å². The number of piperazine rings is 1. The summed E-state index contributed by atoms with van der Waals surface area (Å²) in [5.74, 6) is -0.0485. The Morgan fingerprint density at radius 3 is 2.36 bits per heavy atom. The van der Waals surface area contributed by atoms with Crippen molar-refractivity contribution in [1.29, 1.82) is 0 Å². The second-order valence-electron chi connectivity index (χ2n) is 8.73. The van der Waals surface area contributed by atoms with Crippen LogP contribution in [0.3, 0.4) is 0 Å². The van der Waals surface area contributed by atoms with E-state index in [4.69, 9.17) is 0 Å². The van der Waals surface area contributed by atoms with Gasteiger partial charge in [-0.1, -0.05) is 24.6 Å². The van der Waals surface area contributed by atoms with E-state index in [9.17, 15) is 13.2 Å². The lowest BCUT2D eigenvalue weighted by atomic mass is 10.2. The van der Waals surface area contributed by atoms with Crippen LogP contribution < -0.4 is 10.2 Å². The van der Waals surface area contributed by atoms with Gasteiger partial charge in [-0.15, -0.1) is 11.3 Å². The average molecular weight is 491 g/mol. The Morgan fingerprint density at radius 1 is 0.909 bits per heavy atom. The fourth-order valence-corrected chi connectivity index (χ4v) is 7.47. The summed E-state index contributed by atoms with van der Waals surface area (Å²) in [7, 11) is -3.42. The molecule has 0 unspecified atom stereocenters. The number of rotatable bonds is 9. The molecule has 2 aromatic rings. The number of para-hydroxylation sites is 1. The van der Waals surface area contributed by atoms with E-state index < -0.39 is 10.0 Å². The molecule has 9 heteroatoms. The Hall–Kier alpha value is -1.94. The van der Waals surface area contributed by atoms with E-state index in [-0.39, 0.29) is 12.3 Å². The van der Waals surface area contributed by atoms with Crippen molar-refractivity contribution < 1.29 is 13.2 Å². The molecule has 2 aliphatic rings. The monoisotopic (exact) mass is 490 g/mol. The molecule has 2 saturated heterocycles. The van der Waals surface area contributed by atoms with Crippen LogP contribution in [0.2, 0.25) is 0 Å². The van der Waals surface area contributed by atoms with Gasteiger partial charge in [-0.2, -0.15) is 4.31 Å². The SMILES string of the molecule is O=C(Cc1ccc(S(=O)(=O)N2CCCCC2)s1)NCCCN1CCN(c2ccccc2)CC1. The van der Waals surface area contributed by atoms with Crippen LogP contribution in [0.15, 0.2) is 46.7 Å². The minimum atomic E-state index is -3.42. The van der Waals surface area contributed by atoms with Gasteiger partial charge in [-0.25, -0.2) is 8.42 Å². The summed E-state index contributed by atoms with van der Waals surface area (Å²) < 4.78 is 27.5. The molecule has 0 saturated carbocycles. The molecule has 0 atom stereocenters. The molecule has 4 rings (SSSR count). The second-order valence-corrected chi connectivity index (χ2v) is 12.1. The molecule has 1 aromatic heterocycles. The summed E-state index contributed by atoms with van der Waals surface area (Å²) in [4.78, 5) is 18.0. The molecule has 1 N–H and O–H groups in total. The first-order chi connectivity index (χ1) is 16.0. The molecule has 2 fully saturated rings. The van der Waals surface area contributed by atoms with E-state index in [1.54, 1.807) is 16.4 Å². The number of nitrogens with one attached hydrogen (secondary N) is 1. The molecule has 33 heavy (non-hydrogen) atoms. The van der Waals surface area contributed by atoms with Gasteiger partial charge in [-0.05, 0) is 50.1 Å². The van der Waals surface area contributed by atoms with Gasteiger partial charge >= 0.3 is 0 Å². The number of hydrogen-bond acceptors (Lipinski definition) is 6. The molecule has 3 heterocycles. The van der Waals surface area contributed by atoms with Crippen molar-refractivity contribution in [2.75, 3.05) is 57.3 Å². The molecular formula is C24H34N4O3S2. The summed E-state index contributed by atoms with van der Waals surface area (Å²) in [5.41, 5.74) is 1.28. The minimum absolute atomic E-state index is 0.0485. The summed E-state index contributed by atoms with van der Waals surface area (Å²) >= 11 is 1.22. The van der Waals surface area contributed by atoms with Gasteiger partial charge in [0, 0.05) is 56.4 Å². The zero-order valence-corrected chi connectivity index (χ0v) is 20.7. The normalized spacial score (nSPS) is 18.4. The van der Waals surface area contributed by atoms with E-state index >= 15 is 0 Å². The van der Waals surface area contributed by atoms with Gasteiger partial charge in [0.15, 0.2) is 0 Å². The van der Waals surface area contributed by atoms with Crippen molar-refractivity contribution in [3.8, 4) is 0 Å². The average Bonchev–Trinajstić information content (AvgIpc) is 3.33. The molecule has 0 radical (unpaired) electrons. The fourth-order valence-electron chi connectivity index (χ4n) is 4.44. The van der Waals surface area contributed by atoms with Gasteiger partial charge in [0.2, 0.25) is 5.91 Å². The van der Waals surface area contributed by atoms with Crippen LogP contribution in [0.5, 0.6) is 0 Å². The maximum atomic E-state index is 12.8. The zero-order valence-electron chi connectivity index (χ0n) is 19.1.